The monoisotopic (exact) mass is 367 g/mol. The Balaban J connectivity index is 1.95. The van der Waals surface area contributed by atoms with Crippen molar-refractivity contribution < 1.29 is 18.7 Å². The normalized spacial score (nSPS) is 25.2. The van der Waals surface area contributed by atoms with E-state index >= 15 is 0 Å². The number of hydrogen-bond donors (Lipinski definition) is 2. The van der Waals surface area contributed by atoms with Crippen molar-refractivity contribution in [2.24, 2.45) is 0 Å². The predicted molar refractivity (Wildman–Crippen MR) is 94.6 cm³/mol. The summed E-state index contributed by atoms with van der Waals surface area (Å²) in [4.78, 5) is 0. The maximum atomic E-state index is 13.3. The van der Waals surface area contributed by atoms with E-state index < -0.39 is 13.4 Å². The summed E-state index contributed by atoms with van der Waals surface area (Å²) in [6.45, 7) is 2.26. The Morgan fingerprint density at radius 2 is 1.88 bits per heavy atom. The Morgan fingerprint density at radius 3 is 2.50 bits per heavy atom. The van der Waals surface area contributed by atoms with Crippen molar-refractivity contribution in [3.63, 3.8) is 0 Å². The molecule has 3 atom stereocenters. The topological polar surface area (TPSA) is 67.8 Å². The van der Waals surface area contributed by atoms with Crippen LogP contribution in [0.25, 0.3) is 0 Å². The van der Waals surface area contributed by atoms with E-state index in [1.165, 1.54) is 0 Å². The van der Waals surface area contributed by atoms with E-state index in [-0.39, 0.29) is 11.9 Å². The standard InChI is InChI=1S/C17H19ClNO4P/c1-12-10-11-22-24(21,23-12)17(13-2-8-16(20)9-3-13)19-15-6-4-14(18)5-7-15/h2-9,12,17,19-20H,10-11H2,1H3/t12-,17+,24+/m1/s1. The van der Waals surface area contributed by atoms with Crippen LogP contribution in [0.3, 0.4) is 0 Å². The molecule has 1 aliphatic rings. The number of rotatable bonds is 4. The Morgan fingerprint density at radius 1 is 1.21 bits per heavy atom. The number of halogens is 1. The van der Waals surface area contributed by atoms with Gasteiger partial charge in [-0.05, 0) is 55.3 Å². The summed E-state index contributed by atoms with van der Waals surface area (Å²) in [5, 5.41) is 13.3. The smallest absolute Gasteiger partial charge is 0.357 e. The Kier molecular flexibility index (Phi) is 5.16. The second-order valence-electron chi connectivity index (χ2n) is 5.72. The van der Waals surface area contributed by atoms with E-state index in [0.717, 1.165) is 5.69 Å². The first-order chi connectivity index (χ1) is 11.5. The molecular formula is C17H19ClNO4P. The maximum absolute atomic E-state index is 13.3. The van der Waals surface area contributed by atoms with E-state index in [0.29, 0.717) is 23.6 Å². The number of phenols is 1. The van der Waals surface area contributed by atoms with Gasteiger partial charge in [-0.2, -0.15) is 0 Å². The lowest BCUT2D eigenvalue weighted by molar-refractivity contribution is 0.0887. The van der Waals surface area contributed by atoms with Crippen LogP contribution < -0.4 is 5.32 Å². The molecule has 0 amide bonds. The highest BCUT2D eigenvalue weighted by atomic mass is 35.5. The molecule has 2 aromatic rings. The second-order valence-corrected chi connectivity index (χ2v) is 8.22. The van der Waals surface area contributed by atoms with Gasteiger partial charge < -0.3 is 19.5 Å². The van der Waals surface area contributed by atoms with Gasteiger partial charge in [-0.15, -0.1) is 0 Å². The summed E-state index contributed by atoms with van der Waals surface area (Å²) in [5.41, 5.74) is 1.46. The molecule has 2 aromatic carbocycles. The van der Waals surface area contributed by atoms with Gasteiger partial charge in [-0.1, -0.05) is 23.7 Å². The van der Waals surface area contributed by atoms with Crippen LogP contribution in [0, 0.1) is 0 Å². The molecule has 3 rings (SSSR count). The molecular weight excluding hydrogens is 349 g/mol. The van der Waals surface area contributed by atoms with E-state index in [1.54, 1.807) is 48.5 Å². The van der Waals surface area contributed by atoms with Crippen LogP contribution in [-0.2, 0) is 13.6 Å². The average molecular weight is 368 g/mol. The van der Waals surface area contributed by atoms with Gasteiger partial charge in [0.15, 0.2) is 5.78 Å². The molecule has 0 aliphatic carbocycles. The fourth-order valence-electron chi connectivity index (χ4n) is 2.52. The highest BCUT2D eigenvalue weighted by molar-refractivity contribution is 7.54. The van der Waals surface area contributed by atoms with Gasteiger partial charge in [-0.3, -0.25) is 4.57 Å². The molecule has 1 heterocycles. The lowest BCUT2D eigenvalue weighted by atomic mass is 10.2. The number of aromatic hydroxyl groups is 1. The zero-order valence-corrected chi connectivity index (χ0v) is 14.8. The first-order valence-electron chi connectivity index (χ1n) is 7.70. The molecule has 0 saturated carbocycles. The van der Waals surface area contributed by atoms with E-state index in [2.05, 4.69) is 5.32 Å². The Hall–Kier alpha value is -1.52. The molecule has 1 fully saturated rings. The van der Waals surface area contributed by atoms with Crippen molar-refractivity contribution >= 4 is 24.9 Å². The van der Waals surface area contributed by atoms with Crippen molar-refractivity contribution in [2.45, 2.75) is 25.2 Å². The largest absolute Gasteiger partial charge is 0.508 e. The number of benzene rings is 2. The third-order valence-electron chi connectivity index (χ3n) is 3.80. The number of nitrogens with one attached hydrogen (secondary N) is 1. The summed E-state index contributed by atoms with van der Waals surface area (Å²) < 4.78 is 24.6. The third-order valence-corrected chi connectivity index (χ3v) is 6.30. The van der Waals surface area contributed by atoms with Crippen LogP contribution in [0.1, 0.15) is 24.7 Å². The quantitative estimate of drug-likeness (QED) is 0.729. The summed E-state index contributed by atoms with van der Waals surface area (Å²) in [6.07, 6.45) is 0.559. The van der Waals surface area contributed by atoms with Crippen LogP contribution in [0.4, 0.5) is 5.69 Å². The van der Waals surface area contributed by atoms with Gasteiger partial charge in [0.05, 0.1) is 12.7 Å². The Bertz CT molecular complexity index is 735. The van der Waals surface area contributed by atoms with Crippen molar-refractivity contribution in [1.29, 1.82) is 0 Å². The van der Waals surface area contributed by atoms with Gasteiger partial charge in [0.1, 0.15) is 5.75 Å². The number of phenolic OH excluding ortho intramolecular Hbond substituents is 1. The first-order valence-corrected chi connectivity index (χ1v) is 9.69. The zero-order chi connectivity index (χ0) is 17.2. The van der Waals surface area contributed by atoms with Gasteiger partial charge in [0, 0.05) is 10.7 Å². The molecule has 128 valence electrons. The molecule has 0 aromatic heterocycles. The molecule has 0 unspecified atom stereocenters. The lowest BCUT2D eigenvalue weighted by Crippen LogP contribution is -2.23. The van der Waals surface area contributed by atoms with Crippen LogP contribution in [0.15, 0.2) is 48.5 Å². The fourth-order valence-corrected chi connectivity index (χ4v) is 4.79. The predicted octanol–water partition coefficient (Wildman–Crippen LogP) is 5.17. The molecule has 1 saturated heterocycles. The van der Waals surface area contributed by atoms with Crippen LogP contribution >= 0.6 is 19.2 Å². The van der Waals surface area contributed by atoms with Crippen molar-refractivity contribution in [1.82, 2.24) is 0 Å². The zero-order valence-electron chi connectivity index (χ0n) is 13.2. The van der Waals surface area contributed by atoms with Gasteiger partial charge in [0.25, 0.3) is 0 Å². The van der Waals surface area contributed by atoms with Crippen LogP contribution in [0.5, 0.6) is 5.75 Å². The highest BCUT2D eigenvalue weighted by Gasteiger charge is 2.41. The first kappa shape index (κ1) is 17.3. The molecule has 24 heavy (non-hydrogen) atoms. The van der Waals surface area contributed by atoms with Gasteiger partial charge in [0.2, 0.25) is 0 Å². The molecule has 1 aliphatic heterocycles. The summed E-state index contributed by atoms with van der Waals surface area (Å²) in [5.74, 6) is -0.539. The minimum atomic E-state index is -3.42. The highest BCUT2D eigenvalue weighted by Crippen LogP contribution is 2.63. The lowest BCUT2D eigenvalue weighted by Gasteiger charge is -2.34. The molecule has 0 radical (unpaired) electrons. The van der Waals surface area contributed by atoms with Crippen molar-refractivity contribution in [3.05, 3.63) is 59.1 Å². The average Bonchev–Trinajstić information content (AvgIpc) is 2.55. The fraction of sp³-hybridized carbons (Fsp3) is 0.294. The van der Waals surface area contributed by atoms with Crippen molar-refractivity contribution in [2.75, 3.05) is 11.9 Å². The van der Waals surface area contributed by atoms with Gasteiger partial charge >= 0.3 is 7.60 Å². The summed E-state index contributed by atoms with van der Waals surface area (Å²) in [6, 6.07) is 13.6. The van der Waals surface area contributed by atoms with Crippen molar-refractivity contribution in [3.8, 4) is 5.75 Å². The molecule has 5 nitrogen and oxygen atoms in total. The maximum Gasteiger partial charge on any atom is 0.357 e. The minimum absolute atomic E-state index is 0.140. The summed E-state index contributed by atoms with van der Waals surface area (Å²) in [7, 11) is -3.42. The third kappa shape index (κ3) is 3.93. The van der Waals surface area contributed by atoms with E-state index in [9.17, 15) is 9.67 Å². The Labute approximate surface area is 146 Å². The van der Waals surface area contributed by atoms with Crippen LogP contribution in [0.2, 0.25) is 5.02 Å². The van der Waals surface area contributed by atoms with Crippen LogP contribution in [-0.4, -0.2) is 17.8 Å². The molecule has 0 spiro atoms. The molecule has 7 heteroatoms. The number of hydrogen-bond acceptors (Lipinski definition) is 5. The second kappa shape index (κ2) is 7.16. The van der Waals surface area contributed by atoms with E-state index in [1.807, 2.05) is 6.92 Å². The van der Waals surface area contributed by atoms with E-state index in [4.69, 9.17) is 20.6 Å². The van der Waals surface area contributed by atoms with Gasteiger partial charge in [-0.25, -0.2) is 0 Å². The molecule has 2 N–H and O–H groups in total. The minimum Gasteiger partial charge on any atom is -0.508 e. The summed E-state index contributed by atoms with van der Waals surface area (Å²) >= 11 is 5.92. The number of anilines is 1. The molecule has 0 bridgehead atoms. The SMILES string of the molecule is C[C@@H]1CCO[P@@](=O)([C@H](Nc2ccc(Cl)cc2)c2ccc(O)cc2)O1.